The molecule has 1 saturated carbocycles. The molecule has 0 radical (unpaired) electrons. The third-order valence-electron chi connectivity index (χ3n) is 5.88. The minimum Gasteiger partial charge on any atom is -0.508 e. The summed E-state index contributed by atoms with van der Waals surface area (Å²) in [6, 6.07) is 10.0. The molecule has 1 aromatic heterocycles. The summed E-state index contributed by atoms with van der Waals surface area (Å²) in [5, 5.41) is 10.3. The molecule has 2 aromatic carbocycles. The number of hydrogen-bond acceptors (Lipinski definition) is 5. The lowest BCUT2D eigenvalue weighted by Crippen LogP contribution is -2.42. The van der Waals surface area contributed by atoms with Crippen LogP contribution in [0.1, 0.15) is 43.7 Å². The first-order chi connectivity index (χ1) is 14.5. The zero-order valence-electron chi connectivity index (χ0n) is 17.7. The molecule has 0 aliphatic heterocycles. The number of rotatable bonds is 5. The van der Waals surface area contributed by atoms with E-state index in [9.17, 15) is 14.7 Å². The second-order valence-corrected chi connectivity index (χ2v) is 7.73. The van der Waals surface area contributed by atoms with Gasteiger partial charge in [-0.25, -0.2) is 4.79 Å². The Labute approximate surface area is 186 Å². The van der Waals surface area contributed by atoms with E-state index in [4.69, 9.17) is 9.47 Å². The van der Waals surface area contributed by atoms with Crippen LogP contribution in [-0.2, 0) is 6.54 Å². The van der Waals surface area contributed by atoms with E-state index in [-0.39, 0.29) is 36.4 Å². The molecule has 0 amide bonds. The number of fused-ring (bicyclic) bond motifs is 1. The van der Waals surface area contributed by atoms with Crippen molar-refractivity contribution < 1.29 is 14.6 Å². The fourth-order valence-corrected chi connectivity index (χ4v) is 4.36. The van der Waals surface area contributed by atoms with Gasteiger partial charge in [0, 0.05) is 6.04 Å². The number of halogens is 1. The molecule has 0 unspecified atom stereocenters. The predicted molar refractivity (Wildman–Crippen MR) is 122 cm³/mol. The predicted octanol–water partition coefficient (Wildman–Crippen LogP) is 3.86. The standard InChI is InChI=1S/C23H26N2O5.ClH/c1-29-20-11-8-15(12-21(20)30-2)14-24-22(27)18-13-17(26)9-10-19(18)25(23(24)28)16-6-4-3-5-7-16;/h8-13,16,26H,3-7,14H2,1-2H3;1H. The Bertz CT molecular complexity index is 1200. The van der Waals surface area contributed by atoms with Crippen LogP contribution < -0.4 is 20.7 Å². The Hall–Kier alpha value is -2.93. The van der Waals surface area contributed by atoms with Crippen LogP contribution in [0, 0.1) is 0 Å². The van der Waals surface area contributed by atoms with Crippen molar-refractivity contribution >= 4 is 23.3 Å². The number of phenolic OH excluding ortho intramolecular Hbond substituents is 1. The van der Waals surface area contributed by atoms with E-state index in [0.29, 0.717) is 22.4 Å². The van der Waals surface area contributed by atoms with Gasteiger partial charge in [-0.15, -0.1) is 12.4 Å². The van der Waals surface area contributed by atoms with Gasteiger partial charge in [0.2, 0.25) is 0 Å². The Morgan fingerprint density at radius 3 is 2.35 bits per heavy atom. The summed E-state index contributed by atoms with van der Waals surface area (Å²) in [6.45, 7) is 0.107. The molecule has 4 rings (SSSR count). The van der Waals surface area contributed by atoms with Gasteiger partial charge in [0.05, 0.1) is 31.7 Å². The summed E-state index contributed by atoms with van der Waals surface area (Å²) in [5.41, 5.74) is 0.604. The third kappa shape index (κ3) is 4.28. The smallest absolute Gasteiger partial charge is 0.332 e. The molecule has 1 heterocycles. The number of methoxy groups -OCH3 is 2. The number of phenols is 1. The maximum Gasteiger partial charge on any atom is 0.332 e. The van der Waals surface area contributed by atoms with Crippen molar-refractivity contribution in [3.05, 3.63) is 62.8 Å². The van der Waals surface area contributed by atoms with Crippen LogP contribution in [0.2, 0.25) is 0 Å². The largest absolute Gasteiger partial charge is 0.508 e. The molecule has 0 bridgehead atoms. The summed E-state index contributed by atoms with van der Waals surface area (Å²) < 4.78 is 13.6. The Morgan fingerprint density at radius 2 is 1.68 bits per heavy atom. The number of nitrogens with zero attached hydrogens (tertiary/aromatic N) is 2. The molecule has 3 aromatic rings. The zero-order valence-corrected chi connectivity index (χ0v) is 18.5. The minimum atomic E-state index is -0.409. The van der Waals surface area contributed by atoms with Crippen molar-refractivity contribution in [2.45, 2.75) is 44.7 Å². The molecule has 1 aliphatic carbocycles. The second kappa shape index (κ2) is 9.47. The number of benzene rings is 2. The van der Waals surface area contributed by atoms with Crippen molar-refractivity contribution in [2.75, 3.05) is 14.2 Å². The van der Waals surface area contributed by atoms with E-state index in [0.717, 1.165) is 37.7 Å². The van der Waals surface area contributed by atoms with Gasteiger partial charge in [0.25, 0.3) is 5.56 Å². The molecule has 1 aliphatic rings. The lowest BCUT2D eigenvalue weighted by molar-refractivity contribution is 0.344. The summed E-state index contributed by atoms with van der Waals surface area (Å²) in [4.78, 5) is 26.7. The van der Waals surface area contributed by atoms with Crippen LogP contribution in [0.25, 0.3) is 10.9 Å². The molecule has 0 saturated heterocycles. The van der Waals surface area contributed by atoms with Crippen LogP contribution >= 0.6 is 12.4 Å². The fraction of sp³-hybridized carbons (Fsp3) is 0.391. The van der Waals surface area contributed by atoms with E-state index < -0.39 is 5.56 Å². The first-order valence-electron chi connectivity index (χ1n) is 10.2. The van der Waals surface area contributed by atoms with Crippen molar-refractivity contribution in [2.24, 2.45) is 0 Å². The van der Waals surface area contributed by atoms with E-state index in [2.05, 4.69) is 0 Å². The Balaban J connectivity index is 0.00000272. The highest BCUT2D eigenvalue weighted by Gasteiger charge is 2.22. The fourth-order valence-electron chi connectivity index (χ4n) is 4.36. The van der Waals surface area contributed by atoms with E-state index in [1.54, 1.807) is 37.0 Å². The van der Waals surface area contributed by atoms with Crippen molar-refractivity contribution in [1.82, 2.24) is 9.13 Å². The maximum absolute atomic E-state index is 13.5. The third-order valence-corrected chi connectivity index (χ3v) is 5.88. The topological polar surface area (TPSA) is 82.7 Å². The van der Waals surface area contributed by atoms with Gasteiger partial charge in [-0.1, -0.05) is 25.3 Å². The number of hydrogen-bond donors (Lipinski definition) is 1. The molecule has 7 nitrogen and oxygen atoms in total. The van der Waals surface area contributed by atoms with Gasteiger partial charge >= 0.3 is 5.69 Å². The van der Waals surface area contributed by atoms with Gasteiger partial charge < -0.3 is 14.6 Å². The van der Waals surface area contributed by atoms with Crippen LogP contribution in [0.4, 0.5) is 0 Å². The quantitative estimate of drug-likeness (QED) is 0.643. The van der Waals surface area contributed by atoms with Gasteiger partial charge in [-0.3, -0.25) is 13.9 Å². The summed E-state index contributed by atoms with van der Waals surface area (Å²) >= 11 is 0. The molecule has 0 spiro atoms. The van der Waals surface area contributed by atoms with E-state index in [1.165, 1.54) is 16.7 Å². The zero-order chi connectivity index (χ0) is 21.3. The van der Waals surface area contributed by atoms with Gasteiger partial charge in [0.1, 0.15) is 5.75 Å². The molecule has 0 atom stereocenters. The van der Waals surface area contributed by atoms with Crippen molar-refractivity contribution in [3.8, 4) is 17.2 Å². The van der Waals surface area contributed by atoms with Crippen molar-refractivity contribution in [3.63, 3.8) is 0 Å². The maximum atomic E-state index is 13.5. The average Bonchev–Trinajstić information content (AvgIpc) is 2.77. The molecule has 8 heteroatoms. The molecule has 1 fully saturated rings. The first-order valence-corrected chi connectivity index (χ1v) is 10.2. The number of ether oxygens (including phenoxy) is 2. The normalized spacial score (nSPS) is 14.3. The monoisotopic (exact) mass is 446 g/mol. The van der Waals surface area contributed by atoms with Crippen LogP contribution in [0.5, 0.6) is 17.2 Å². The van der Waals surface area contributed by atoms with E-state index in [1.807, 2.05) is 6.07 Å². The van der Waals surface area contributed by atoms with Gasteiger partial charge in [-0.05, 0) is 48.7 Å². The number of aromatic nitrogens is 2. The summed E-state index contributed by atoms with van der Waals surface area (Å²) in [5.74, 6) is 1.12. The van der Waals surface area contributed by atoms with Crippen LogP contribution in [-0.4, -0.2) is 28.5 Å². The summed E-state index contributed by atoms with van der Waals surface area (Å²) in [6.07, 6.45) is 5.10. The molecule has 166 valence electrons. The van der Waals surface area contributed by atoms with E-state index >= 15 is 0 Å². The first kappa shape index (κ1) is 22.7. The highest BCUT2D eigenvalue weighted by Crippen LogP contribution is 2.30. The number of aromatic hydroxyl groups is 1. The average molecular weight is 447 g/mol. The minimum absolute atomic E-state index is 0. The Kier molecular flexibility index (Phi) is 6.95. The summed E-state index contributed by atoms with van der Waals surface area (Å²) in [7, 11) is 3.10. The molecule has 1 N–H and O–H groups in total. The molecular formula is C23H27ClN2O5. The van der Waals surface area contributed by atoms with Crippen LogP contribution in [0.15, 0.2) is 46.0 Å². The van der Waals surface area contributed by atoms with Crippen molar-refractivity contribution in [1.29, 1.82) is 0 Å². The lowest BCUT2D eigenvalue weighted by Gasteiger charge is -2.26. The molecule has 31 heavy (non-hydrogen) atoms. The van der Waals surface area contributed by atoms with Gasteiger partial charge in [0.15, 0.2) is 11.5 Å². The highest BCUT2D eigenvalue weighted by atomic mass is 35.5. The molecular weight excluding hydrogens is 420 g/mol. The van der Waals surface area contributed by atoms with Gasteiger partial charge in [-0.2, -0.15) is 0 Å². The SMILES string of the molecule is COc1ccc(Cn2c(=O)c3cc(O)ccc3n(C3CCCCC3)c2=O)cc1OC.Cl. The second-order valence-electron chi connectivity index (χ2n) is 7.73. The highest BCUT2D eigenvalue weighted by molar-refractivity contribution is 5.85. The Morgan fingerprint density at radius 1 is 0.968 bits per heavy atom. The lowest BCUT2D eigenvalue weighted by atomic mass is 9.95. The van der Waals surface area contributed by atoms with Crippen LogP contribution in [0.3, 0.4) is 0 Å².